The third kappa shape index (κ3) is 4.97. The Morgan fingerprint density at radius 1 is 1.21 bits per heavy atom. The molecule has 0 spiro atoms. The largest absolute Gasteiger partial charge is 0.370 e. The lowest BCUT2D eigenvalue weighted by Crippen LogP contribution is -2.50. The zero-order valence-electron chi connectivity index (χ0n) is 16.4. The molecule has 28 heavy (non-hydrogen) atoms. The normalized spacial score (nSPS) is 24.8. The van der Waals surface area contributed by atoms with Crippen LogP contribution in [0.2, 0.25) is 0 Å². The minimum absolute atomic E-state index is 0.0285. The number of ether oxygens (including phenoxy) is 1. The van der Waals surface area contributed by atoms with E-state index in [-0.39, 0.29) is 37.2 Å². The second kappa shape index (κ2) is 8.84. The number of nitrogens with zero attached hydrogens (tertiary/aromatic N) is 1. The van der Waals surface area contributed by atoms with Gasteiger partial charge in [-0.2, -0.15) is 0 Å². The number of hydrogen-bond acceptors (Lipinski definition) is 5. The lowest BCUT2D eigenvalue weighted by Gasteiger charge is -2.30. The first-order chi connectivity index (χ1) is 13.4. The first kappa shape index (κ1) is 20.5. The summed E-state index contributed by atoms with van der Waals surface area (Å²) in [4.78, 5) is 39.0. The van der Waals surface area contributed by atoms with Gasteiger partial charge >= 0.3 is 0 Å². The summed E-state index contributed by atoms with van der Waals surface area (Å²) in [7, 11) is 0. The number of hydrogen-bond donors (Lipinski definition) is 2. The van der Waals surface area contributed by atoms with Crippen LogP contribution in [0.4, 0.5) is 0 Å². The molecule has 7 heteroatoms. The van der Waals surface area contributed by atoms with Crippen LogP contribution >= 0.6 is 0 Å². The minimum atomic E-state index is -0.732. The Bertz CT molecular complexity index is 718. The number of nitrogens with two attached hydrogens (primary N) is 1. The van der Waals surface area contributed by atoms with E-state index in [0.29, 0.717) is 6.54 Å². The van der Waals surface area contributed by atoms with Crippen LogP contribution in [0, 0.1) is 0 Å². The van der Waals surface area contributed by atoms with Crippen LogP contribution < -0.4 is 11.1 Å². The molecule has 2 fully saturated rings. The molecule has 1 aromatic carbocycles. The lowest BCUT2D eigenvalue weighted by atomic mass is 9.76. The van der Waals surface area contributed by atoms with Gasteiger partial charge in [-0.1, -0.05) is 37.3 Å². The number of nitrogens with one attached hydrogen (secondary N) is 1. The van der Waals surface area contributed by atoms with Gasteiger partial charge in [0.1, 0.15) is 12.6 Å². The molecule has 0 aromatic heterocycles. The fraction of sp³-hybridized carbons (Fsp3) is 0.571. The molecular weight excluding hydrogens is 358 g/mol. The van der Waals surface area contributed by atoms with Crippen molar-refractivity contribution < 1.29 is 19.1 Å². The number of carbonyl (C=O) groups is 3. The summed E-state index contributed by atoms with van der Waals surface area (Å²) in [6.45, 7) is 4.52. The predicted molar refractivity (Wildman–Crippen MR) is 105 cm³/mol. The minimum Gasteiger partial charge on any atom is -0.370 e. The number of likely N-dealkylation sites (tertiary alicyclic amines) is 1. The van der Waals surface area contributed by atoms with E-state index in [1.807, 2.05) is 37.3 Å². The van der Waals surface area contributed by atoms with Gasteiger partial charge in [-0.15, -0.1) is 0 Å². The molecular formula is C21H29N3O4. The van der Waals surface area contributed by atoms with Crippen LogP contribution in [0.1, 0.15) is 38.2 Å². The maximum absolute atomic E-state index is 12.8. The van der Waals surface area contributed by atoms with Gasteiger partial charge in [0.15, 0.2) is 5.78 Å². The fourth-order valence-electron chi connectivity index (χ4n) is 4.20. The van der Waals surface area contributed by atoms with Crippen molar-refractivity contribution in [1.82, 2.24) is 10.2 Å². The van der Waals surface area contributed by atoms with Gasteiger partial charge in [-0.05, 0) is 31.5 Å². The Kier molecular flexibility index (Phi) is 6.46. The number of primary amides is 1. The molecule has 3 N–H and O–H groups in total. The molecule has 7 nitrogen and oxygen atoms in total. The molecule has 152 valence electrons. The highest BCUT2D eigenvalue weighted by Crippen LogP contribution is 2.31. The molecule has 0 bridgehead atoms. The highest BCUT2D eigenvalue weighted by molar-refractivity contribution is 5.92. The summed E-state index contributed by atoms with van der Waals surface area (Å²) < 4.78 is 5.64. The van der Waals surface area contributed by atoms with Crippen LogP contribution in [0.15, 0.2) is 30.3 Å². The van der Waals surface area contributed by atoms with E-state index in [1.165, 1.54) is 0 Å². The quantitative estimate of drug-likeness (QED) is 0.686. The number of benzene rings is 1. The van der Waals surface area contributed by atoms with E-state index in [4.69, 9.17) is 10.5 Å². The number of rotatable bonds is 8. The SMILES string of the molecule is CC(CC(N)=O)(CC(=O)NC1C(=O)COC1CN1CCCC1)c1ccccc1. The zero-order chi connectivity index (χ0) is 20.1. The van der Waals surface area contributed by atoms with E-state index in [0.717, 1.165) is 31.5 Å². The highest BCUT2D eigenvalue weighted by Gasteiger charge is 2.40. The predicted octanol–water partition coefficient (Wildman–Crippen LogP) is 0.758. The molecule has 0 radical (unpaired) electrons. The van der Waals surface area contributed by atoms with Crippen molar-refractivity contribution in [2.45, 2.75) is 50.2 Å². The highest BCUT2D eigenvalue weighted by atomic mass is 16.5. The topological polar surface area (TPSA) is 102 Å². The van der Waals surface area contributed by atoms with Gasteiger partial charge in [0, 0.05) is 24.8 Å². The monoisotopic (exact) mass is 387 g/mol. The molecule has 0 aliphatic carbocycles. The van der Waals surface area contributed by atoms with Crippen molar-refractivity contribution in [3.8, 4) is 0 Å². The Balaban J connectivity index is 1.67. The van der Waals surface area contributed by atoms with Crippen molar-refractivity contribution in [2.75, 3.05) is 26.2 Å². The summed E-state index contributed by atoms with van der Waals surface area (Å²) >= 11 is 0. The van der Waals surface area contributed by atoms with E-state index >= 15 is 0 Å². The molecule has 3 atom stereocenters. The average Bonchev–Trinajstić information content (AvgIpc) is 3.27. The summed E-state index contributed by atoms with van der Waals surface area (Å²) in [5.41, 5.74) is 5.58. The summed E-state index contributed by atoms with van der Waals surface area (Å²) in [6.07, 6.45) is 2.10. The summed E-state index contributed by atoms with van der Waals surface area (Å²) in [6, 6.07) is 8.75. The van der Waals surface area contributed by atoms with E-state index in [9.17, 15) is 14.4 Å². The molecule has 2 saturated heterocycles. The van der Waals surface area contributed by atoms with Gasteiger partial charge in [0.2, 0.25) is 11.8 Å². The van der Waals surface area contributed by atoms with Crippen LogP contribution in [0.5, 0.6) is 0 Å². The van der Waals surface area contributed by atoms with Crippen molar-refractivity contribution in [3.63, 3.8) is 0 Å². The third-order valence-electron chi connectivity index (χ3n) is 5.70. The van der Waals surface area contributed by atoms with Crippen LogP contribution in [-0.2, 0) is 24.5 Å². The molecule has 2 aliphatic heterocycles. The second-order valence-corrected chi connectivity index (χ2v) is 8.12. The first-order valence-electron chi connectivity index (χ1n) is 9.87. The van der Waals surface area contributed by atoms with Gasteiger partial charge in [-0.25, -0.2) is 0 Å². The molecule has 3 rings (SSSR count). The fourth-order valence-corrected chi connectivity index (χ4v) is 4.20. The summed E-state index contributed by atoms with van der Waals surface area (Å²) in [5.74, 6) is -0.844. The van der Waals surface area contributed by atoms with Crippen molar-refractivity contribution in [3.05, 3.63) is 35.9 Å². The molecule has 2 amide bonds. The number of ketones is 1. The maximum Gasteiger partial charge on any atom is 0.221 e. The first-order valence-corrected chi connectivity index (χ1v) is 9.87. The van der Waals surface area contributed by atoms with E-state index in [1.54, 1.807) is 0 Å². The number of Topliss-reactive ketones (excluding diaryl/α,β-unsaturated/α-hetero) is 1. The Hall–Kier alpha value is -2.25. The van der Waals surface area contributed by atoms with E-state index < -0.39 is 17.4 Å². The van der Waals surface area contributed by atoms with Gasteiger partial charge < -0.3 is 20.7 Å². The smallest absolute Gasteiger partial charge is 0.221 e. The van der Waals surface area contributed by atoms with Gasteiger partial charge in [-0.3, -0.25) is 14.4 Å². The van der Waals surface area contributed by atoms with Crippen LogP contribution in [-0.4, -0.2) is 60.9 Å². The molecule has 0 saturated carbocycles. The van der Waals surface area contributed by atoms with Crippen molar-refractivity contribution in [2.24, 2.45) is 5.73 Å². The van der Waals surface area contributed by atoms with Crippen LogP contribution in [0.25, 0.3) is 0 Å². The maximum atomic E-state index is 12.8. The lowest BCUT2D eigenvalue weighted by molar-refractivity contribution is -0.127. The number of carbonyl (C=O) groups excluding carboxylic acids is 3. The van der Waals surface area contributed by atoms with Gasteiger partial charge in [0.25, 0.3) is 0 Å². The van der Waals surface area contributed by atoms with Gasteiger partial charge in [0.05, 0.1) is 6.10 Å². The Morgan fingerprint density at radius 3 is 2.54 bits per heavy atom. The van der Waals surface area contributed by atoms with E-state index in [2.05, 4.69) is 10.2 Å². The molecule has 2 heterocycles. The molecule has 2 aliphatic rings. The molecule has 1 aromatic rings. The standard InChI is InChI=1S/C21H29N3O4/c1-21(11-18(22)26,15-7-3-2-4-8-15)12-19(27)23-20-16(25)14-28-17(20)13-24-9-5-6-10-24/h2-4,7-8,17,20H,5-6,9-14H2,1H3,(H2,22,26)(H,23,27). The summed E-state index contributed by atoms with van der Waals surface area (Å²) in [5, 5.41) is 2.86. The van der Waals surface area contributed by atoms with Crippen molar-refractivity contribution in [1.29, 1.82) is 0 Å². The second-order valence-electron chi connectivity index (χ2n) is 8.12. The zero-order valence-corrected chi connectivity index (χ0v) is 16.4. The molecule has 3 unspecified atom stereocenters. The Morgan fingerprint density at radius 2 is 1.89 bits per heavy atom. The van der Waals surface area contributed by atoms with Crippen LogP contribution in [0.3, 0.4) is 0 Å². The van der Waals surface area contributed by atoms with Crippen molar-refractivity contribution >= 4 is 17.6 Å². The third-order valence-corrected chi connectivity index (χ3v) is 5.70. The number of amides is 2. The average molecular weight is 387 g/mol. The Labute approximate surface area is 165 Å².